The summed E-state index contributed by atoms with van der Waals surface area (Å²) in [5, 5.41) is 0. The molecular formula is C28H32N4O2P2. The van der Waals surface area contributed by atoms with Gasteiger partial charge < -0.3 is 18.4 Å². The highest BCUT2D eigenvalue weighted by Crippen LogP contribution is 2.58. The van der Waals surface area contributed by atoms with Crippen LogP contribution >= 0.6 is 16.9 Å². The van der Waals surface area contributed by atoms with Crippen LogP contribution in [-0.4, -0.2) is 47.6 Å². The number of para-hydroxylation sites is 2. The van der Waals surface area contributed by atoms with Crippen molar-refractivity contribution in [2.75, 3.05) is 35.5 Å². The first-order chi connectivity index (χ1) is 17.8. The highest BCUT2D eigenvalue weighted by atomic mass is 31.2. The van der Waals surface area contributed by atoms with E-state index in [2.05, 4.69) is 104 Å². The minimum Gasteiger partial charge on any atom is -0.440 e. The molecule has 3 aromatic rings. The number of rotatable bonds is 6. The molecule has 0 N–H and O–H groups in total. The van der Waals surface area contributed by atoms with E-state index in [1.165, 1.54) is 37.1 Å². The molecule has 7 rings (SSSR count). The van der Waals surface area contributed by atoms with E-state index in [1.807, 2.05) is 0 Å². The van der Waals surface area contributed by atoms with Crippen molar-refractivity contribution in [1.29, 1.82) is 0 Å². The van der Waals surface area contributed by atoms with Crippen LogP contribution in [0.1, 0.15) is 25.7 Å². The third kappa shape index (κ3) is 4.25. The average Bonchev–Trinajstić information content (AvgIpc) is 3.69. The van der Waals surface area contributed by atoms with E-state index in [-0.39, 0.29) is 0 Å². The zero-order chi connectivity index (χ0) is 23.9. The first-order valence-corrected chi connectivity index (χ1v) is 15.4. The zero-order valence-corrected chi connectivity index (χ0v) is 22.2. The van der Waals surface area contributed by atoms with Crippen molar-refractivity contribution < 1.29 is 9.05 Å². The van der Waals surface area contributed by atoms with Gasteiger partial charge in [-0.2, -0.15) is 0 Å². The second-order valence-electron chi connectivity index (χ2n) is 9.92. The Labute approximate surface area is 216 Å². The zero-order valence-electron chi connectivity index (χ0n) is 20.4. The van der Waals surface area contributed by atoms with Gasteiger partial charge >= 0.3 is 0 Å². The summed E-state index contributed by atoms with van der Waals surface area (Å²) in [5.41, 5.74) is 2.50. The summed E-state index contributed by atoms with van der Waals surface area (Å²) in [5.74, 6) is 1.79. The van der Waals surface area contributed by atoms with Crippen LogP contribution in [0.25, 0.3) is 0 Å². The molecule has 36 heavy (non-hydrogen) atoms. The van der Waals surface area contributed by atoms with Gasteiger partial charge in [-0.15, -0.1) is 0 Å². The molecule has 0 spiro atoms. The minimum atomic E-state index is -0.888. The normalized spacial score (nSPS) is 27.9. The Morgan fingerprint density at radius 1 is 0.583 bits per heavy atom. The van der Waals surface area contributed by atoms with Gasteiger partial charge in [-0.05, 0) is 62.1 Å². The van der Waals surface area contributed by atoms with Crippen LogP contribution in [0.15, 0.2) is 84.9 Å². The molecule has 6 nitrogen and oxygen atoms in total. The molecule has 0 saturated carbocycles. The fourth-order valence-corrected chi connectivity index (χ4v) is 10.3. The van der Waals surface area contributed by atoms with E-state index in [1.54, 1.807) is 0 Å². The molecule has 0 amide bonds. The van der Waals surface area contributed by atoms with Gasteiger partial charge in [0.05, 0.1) is 0 Å². The maximum absolute atomic E-state index is 6.78. The number of hydrogen-bond donors (Lipinski definition) is 0. The summed E-state index contributed by atoms with van der Waals surface area (Å²) in [7, 11) is -1.78. The van der Waals surface area contributed by atoms with Gasteiger partial charge in [0, 0.05) is 55.7 Å². The predicted octanol–water partition coefficient (Wildman–Crippen LogP) is 6.87. The maximum atomic E-state index is 6.78. The molecule has 0 radical (unpaired) electrons. The van der Waals surface area contributed by atoms with Gasteiger partial charge in [0.1, 0.15) is 11.5 Å². The van der Waals surface area contributed by atoms with Gasteiger partial charge in [-0.25, -0.2) is 9.34 Å². The minimum absolute atomic E-state index is 0.587. The summed E-state index contributed by atoms with van der Waals surface area (Å²) in [4.78, 5) is 0. The van der Waals surface area contributed by atoms with Crippen molar-refractivity contribution in [3.63, 3.8) is 0 Å². The highest BCUT2D eigenvalue weighted by molar-refractivity contribution is 7.53. The van der Waals surface area contributed by atoms with Gasteiger partial charge in [0.2, 0.25) is 0 Å². The fraction of sp³-hybridized carbons (Fsp3) is 0.357. The summed E-state index contributed by atoms with van der Waals surface area (Å²) < 4.78 is 23.7. The number of hydrogen-bond acceptors (Lipinski definition) is 6. The molecule has 4 atom stereocenters. The quantitative estimate of drug-likeness (QED) is 0.331. The van der Waals surface area contributed by atoms with E-state index in [4.69, 9.17) is 9.05 Å². The lowest BCUT2D eigenvalue weighted by Crippen LogP contribution is -2.20. The Bertz CT molecular complexity index is 1100. The largest absolute Gasteiger partial charge is 0.440 e. The van der Waals surface area contributed by atoms with Gasteiger partial charge in [-0.1, -0.05) is 42.5 Å². The SMILES string of the molecule is c1ccc(N2C[C@@H]3CCCN3P2Oc2cccc(OP3N(c4ccccc4)C[C@@H]4CCCN43)c2)cc1. The Morgan fingerprint density at radius 2 is 1.06 bits per heavy atom. The lowest BCUT2D eigenvalue weighted by Gasteiger charge is -2.30. The highest BCUT2D eigenvalue weighted by Gasteiger charge is 2.46. The first-order valence-electron chi connectivity index (χ1n) is 13.1. The smallest absolute Gasteiger partial charge is 0.279 e. The number of fused-ring (bicyclic) bond motifs is 2. The molecule has 4 fully saturated rings. The predicted molar refractivity (Wildman–Crippen MR) is 149 cm³/mol. The van der Waals surface area contributed by atoms with E-state index in [9.17, 15) is 0 Å². The fourth-order valence-electron chi connectivity index (χ4n) is 5.87. The Hall–Kier alpha value is -2.36. The van der Waals surface area contributed by atoms with Crippen molar-refractivity contribution in [3.05, 3.63) is 84.9 Å². The molecule has 8 heteroatoms. The molecular weight excluding hydrogens is 486 g/mol. The van der Waals surface area contributed by atoms with Crippen LogP contribution in [0.5, 0.6) is 11.5 Å². The summed E-state index contributed by atoms with van der Waals surface area (Å²) in [6.45, 7) is 4.31. The maximum Gasteiger partial charge on any atom is 0.279 e. The Kier molecular flexibility index (Phi) is 6.23. The van der Waals surface area contributed by atoms with Gasteiger partial charge in [0.15, 0.2) is 0 Å². The molecule has 2 unspecified atom stereocenters. The summed E-state index contributed by atoms with van der Waals surface area (Å²) in [6, 6.07) is 31.0. The van der Waals surface area contributed by atoms with Crippen molar-refractivity contribution in [3.8, 4) is 11.5 Å². The third-order valence-electron chi connectivity index (χ3n) is 7.60. The number of benzene rings is 3. The summed E-state index contributed by atoms with van der Waals surface area (Å²) >= 11 is 0. The molecule has 4 aliphatic rings. The van der Waals surface area contributed by atoms with Crippen LogP contribution in [0, 0.1) is 0 Å². The molecule has 4 saturated heterocycles. The second-order valence-corrected chi connectivity index (χ2v) is 13.3. The van der Waals surface area contributed by atoms with Crippen molar-refractivity contribution in [2.24, 2.45) is 0 Å². The van der Waals surface area contributed by atoms with Crippen LogP contribution < -0.4 is 18.4 Å². The van der Waals surface area contributed by atoms with Crippen molar-refractivity contribution >= 4 is 28.3 Å². The van der Waals surface area contributed by atoms with Crippen LogP contribution in [-0.2, 0) is 0 Å². The molecule has 3 aromatic carbocycles. The van der Waals surface area contributed by atoms with Crippen molar-refractivity contribution in [2.45, 2.75) is 37.8 Å². The van der Waals surface area contributed by atoms with E-state index in [0.717, 1.165) is 37.7 Å². The van der Waals surface area contributed by atoms with Crippen LogP contribution in [0.2, 0.25) is 0 Å². The third-order valence-corrected chi connectivity index (χ3v) is 11.9. The molecule has 0 aromatic heterocycles. The molecule has 0 bridgehead atoms. The number of nitrogens with zero attached hydrogens (tertiary/aromatic N) is 4. The van der Waals surface area contributed by atoms with Crippen molar-refractivity contribution in [1.82, 2.24) is 9.34 Å². The molecule has 4 heterocycles. The van der Waals surface area contributed by atoms with Crippen LogP contribution in [0.4, 0.5) is 11.4 Å². The van der Waals surface area contributed by atoms with Gasteiger partial charge in [0.25, 0.3) is 16.9 Å². The number of anilines is 2. The topological polar surface area (TPSA) is 31.4 Å². The van der Waals surface area contributed by atoms with Gasteiger partial charge in [-0.3, -0.25) is 0 Å². The first kappa shape index (κ1) is 22.8. The van der Waals surface area contributed by atoms with E-state index >= 15 is 0 Å². The molecule has 186 valence electrons. The van der Waals surface area contributed by atoms with E-state index in [0.29, 0.717) is 12.1 Å². The Morgan fingerprint density at radius 3 is 1.53 bits per heavy atom. The standard InChI is InChI=1S/C28H32N4O2P2/c1-3-10-23(11-4-1)31-21-25-14-8-18-29(25)35(31)33-27-16-7-17-28(20-27)34-36-30-19-9-15-26(30)22-32(36)24-12-5-2-6-13-24/h1-7,10-13,16-17,20,25-26H,8-9,14-15,18-19,21-22H2/t25-,26-,35?,36?/m0/s1. The lowest BCUT2D eigenvalue weighted by molar-refractivity contribution is 0.428. The summed E-state index contributed by atoms with van der Waals surface area (Å²) in [6.07, 6.45) is 5.03. The van der Waals surface area contributed by atoms with E-state index < -0.39 is 16.9 Å². The molecule has 0 aliphatic carbocycles. The lowest BCUT2D eigenvalue weighted by atomic mass is 10.2. The second kappa shape index (κ2) is 9.84. The Balaban J connectivity index is 1.13. The van der Waals surface area contributed by atoms with Crippen LogP contribution in [0.3, 0.4) is 0 Å². The monoisotopic (exact) mass is 518 g/mol. The molecule has 4 aliphatic heterocycles. The average molecular weight is 519 g/mol.